The predicted octanol–water partition coefficient (Wildman–Crippen LogP) is 4.35. The summed E-state index contributed by atoms with van der Waals surface area (Å²) < 4.78 is 11.1. The van der Waals surface area contributed by atoms with E-state index in [1.807, 2.05) is 58.0 Å². The average Bonchev–Trinajstić information content (AvgIpc) is 2.49. The van der Waals surface area contributed by atoms with Crippen LogP contribution in [0.4, 0.5) is 5.69 Å². The zero-order valence-electron chi connectivity index (χ0n) is 14.1. The summed E-state index contributed by atoms with van der Waals surface area (Å²) in [5.41, 5.74) is 3.46. The molecule has 0 aromatic heterocycles. The van der Waals surface area contributed by atoms with E-state index in [2.05, 4.69) is 5.32 Å². The maximum Gasteiger partial charge on any atom is 0.255 e. The zero-order valence-corrected chi connectivity index (χ0v) is 14.1. The molecule has 0 spiro atoms. The van der Waals surface area contributed by atoms with Crippen molar-refractivity contribution in [1.29, 1.82) is 0 Å². The van der Waals surface area contributed by atoms with Crippen molar-refractivity contribution in [2.45, 2.75) is 27.7 Å². The number of hydrogen-bond acceptors (Lipinski definition) is 3. The van der Waals surface area contributed by atoms with Gasteiger partial charge in [0.05, 0.1) is 13.2 Å². The van der Waals surface area contributed by atoms with Gasteiger partial charge in [-0.05, 0) is 52.0 Å². The number of anilines is 1. The summed E-state index contributed by atoms with van der Waals surface area (Å²) in [4.78, 5) is 12.4. The Labute approximate surface area is 137 Å². The van der Waals surface area contributed by atoms with Gasteiger partial charge in [-0.1, -0.05) is 17.2 Å². The molecule has 2 aromatic rings. The first-order valence-corrected chi connectivity index (χ1v) is 7.82. The molecule has 0 bridgehead atoms. The van der Waals surface area contributed by atoms with Crippen molar-refractivity contribution < 1.29 is 14.3 Å². The van der Waals surface area contributed by atoms with Crippen LogP contribution < -0.4 is 14.8 Å². The summed E-state index contributed by atoms with van der Waals surface area (Å²) >= 11 is 0. The molecule has 1 amide bonds. The van der Waals surface area contributed by atoms with E-state index in [4.69, 9.17) is 9.47 Å². The van der Waals surface area contributed by atoms with Crippen LogP contribution in [-0.4, -0.2) is 19.1 Å². The van der Waals surface area contributed by atoms with Crippen LogP contribution in [0.2, 0.25) is 0 Å². The monoisotopic (exact) mass is 313 g/mol. The number of nitrogens with one attached hydrogen (secondary N) is 1. The van der Waals surface area contributed by atoms with Gasteiger partial charge in [0.2, 0.25) is 0 Å². The lowest BCUT2D eigenvalue weighted by Crippen LogP contribution is -2.12. The molecule has 122 valence electrons. The van der Waals surface area contributed by atoms with Gasteiger partial charge in [0.25, 0.3) is 5.91 Å². The number of hydrogen-bond donors (Lipinski definition) is 1. The molecule has 2 rings (SSSR count). The van der Waals surface area contributed by atoms with Crippen molar-refractivity contribution in [3.8, 4) is 11.5 Å². The smallest absolute Gasteiger partial charge is 0.255 e. The molecule has 1 N–H and O–H groups in total. The molecule has 0 aliphatic rings. The van der Waals surface area contributed by atoms with Crippen LogP contribution in [0.3, 0.4) is 0 Å². The fourth-order valence-corrected chi connectivity index (χ4v) is 2.44. The number of carbonyl (C=O) groups is 1. The van der Waals surface area contributed by atoms with Crippen LogP contribution in [0.15, 0.2) is 36.4 Å². The molecule has 0 saturated carbocycles. The minimum absolute atomic E-state index is 0.136. The van der Waals surface area contributed by atoms with Crippen molar-refractivity contribution in [2.24, 2.45) is 0 Å². The summed E-state index contributed by atoms with van der Waals surface area (Å²) in [6, 6.07) is 11.2. The number of ether oxygens (including phenoxy) is 2. The molecule has 4 heteroatoms. The first-order chi connectivity index (χ1) is 11.0. The Hall–Kier alpha value is -2.49. The highest BCUT2D eigenvalue weighted by Crippen LogP contribution is 2.30. The number of amides is 1. The molecule has 0 unspecified atom stereocenters. The van der Waals surface area contributed by atoms with E-state index in [1.165, 1.54) is 0 Å². The molecule has 0 aliphatic heterocycles. The minimum atomic E-state index is -0.136. The fraction of sp³-hybridized carbons (Fsp3) is 0.316. The topological polar surface area (TPSA) is 47.6 Å². The minimum Gasteiger partial charge on any atom is -0.490 e. The largest absolute Gasteiger partial charge is 0.490 e. The van der Waals surface area contributed by atoms with Gasteiger partial charge in [0, 0.05) is 17.3 Å². The van der Waals surface area contributed by atoms with Crippen LogP contribution in [0.1, 0.15) is 35.3 Å². The van der Waals surface area contributed by atoms with Crippen molar-refractivity contribution in [1.82, 2.24) is 0 Å². The number of aryl methyl sites for hydroxylation is 2. The van der Waals surface area contributed by atoms with Crippen LogP contribution in [-0.2, 0) is 0 Å². The highest BCUT2D eigenvalue weighted by Gasteiger charge is 2.10. The molecule has 0 radical (unpaired) electrons. The molecule has 0 fully saturated rings. The second kappa shape index (κ2) is 7.68. The standard InChI is InChI=1S/C19H23NO3/c1-5-22-17-8-7-16(12-18(17)23-6-2)20-19(21)15-10-13(3)9-14(4)11-15/h7-12H,5-6H2,1-4H3,(H,20,21). The fourth-order valence-electron chi connectivity index (χ4n) is 2.44. The van der Waals surface area contributed by atoms with Gasteiger partial charge < -0.3 is 14.8 Å². The number of carbonyl (C=O) groups excluding carboxylic acids is 1. The Kier molecular flexibility index (Phi) is 5.63. The van der Waals surface area contributed by atoms with E-state index in [1.54, 1.807) is 6.07 Å². The van der Waals surface area contributed by atoms with Gasteiger partial charge in [0.1, 0.15) is 0 Å². The Morgan fingerprint density at radius 3 is 2.13 bits per heavy atom. The van der Waals surface area contributed by atoms with Crippen molar-refractivity contribution in [2.75, 3.05) is 18.5 Å². The molecule has 2 aromatic carbocycles. The average molecular weight is 313 g/mol. The summed E-state index contributed by atoms with van der Waals surface area (Å²) in [7, 11) is 0. The molecule has 4 nitrogen and oxygen atoms in total. The summed E-state index contributed by atoms with van der Waals surface area (Å²) in [6.07, 6.45) is 0. The third-order valence-electron chi connectivity index (χ3n) is 3.29. The summed E-state index contributed by atoms with van der Waals surface area (Å²) in [5, 5.41) is 2.91. The molecule has 0 heterocycles. The number of rotatable bonds is 6. The molecular weight excluding hydrogens is 290 g/mol. The van der Waals surface area contributed by atoms with Crippen LogP contribution in [0.25, 0.3) is 0 Å². The second-order valence-electron chi connectivity index (χ2n) is 5.36. The molecule has 0 saturated heterocycles. The van der Waals surface area contributed by atoms with E-state index in [-0.39, 0.29) is 5.91 Å². The van der Waals surface area contributed by atoms with Crippen molar-refractivity contribution >= 4 is 11.6 Å². The van der Waals surface area contributed by atoms with E-state index in [0.717, 1.165) is 11.1 Å². The Balaban J connectivity index is 2.21. The molecular formula is C19H23NO3. The normalized spacial score (nSPS) is 10.3. The molecule has 0 aliphatic carbocycles. The predicted molar refractivity (Wildman–Crippen MR) is 92.6 cm³/mol. The Morgan fingerprint density at radius 2 is 1.52 bits per heavy atom. The highest BCUT2D eigenvalue weighted by molar-refractivity contribution is 6.04. The maximum atomic E-state index is 12.4. The zero-order chi connectivity index (χ0) is 16.8. The van der Waals surface area contributed by atoms with Gasteiger partial charge in [-0.25, -0.2) is 0 Å². The highest BCUT2D eigenvalue weighted by atomic mass is 16.5. The lowest BCUT2D eigenvalue weighted by molar-refractivity contribution is 0.102. The van der Waals surface area contributed by atoms with Gasteiger partial charge in [0.15, 0.2) is 11.5 Å². The quantitative estimate of drug-likeness (QED) is 0.862. The van der Waals surface area contributed by atoms with Crippen molar-refractivity contribution in [3.63, 3.8) is 0 Å². The molecule has 0 atom stereocenters. The number of benzene rings is 2. The van der Waals surface area contributed by atoms with E-state index >= 15 is 0 Å². The van der Waals surface area contributed by atoms with Crippen molar-refractivity contribution in [3.05, 3.63) is 53.1 Å². The van der Waals surface area contributed by atoms with Crippen LogP contribution in [0, 0.1) is 13.8 Å². The lowest BCUT2D eigenvalue weighted by atomic mass is 10.1. The Bertz CT molecular complexity index is 675. The Morgan fingerprint density at radius 1 is 0.913 bits per heavy atom. The van der Waals surface area contributed by atoms with E-state index < -0.39 is 0 Å². The second-order valence-corrected chi connectivity index (χ2v) is 5.36. The first-order valence-electron chi connectivity index (χ1n) is 7.82. The van der Waals surface area contributed by atoms with Gasteiger partial charge in [-0.3, -0.25) is 4.79 Å². The van der Waals surface area contributed by atoms with E-state index in [9.17, 15) is 4.79 Å². The van der Waals surface area contributed by atoms with Crippen LogP contribution >= 0.6 is 0 Å². The van der Waals surface area contributed by atoms with Gasteiger partial charge in [-0.15, -0.1) is 0 Å². The van der Waals surface area contributed by atoms with E-state index in [0.29, 0.717) is 36.0 Å². The summed E-state index contributed by atoms with van der Waals surface area (Å²) in [5.74, 6) is 1.18. The first kappa shape index (κ1) is 16.9. The van der Waals surface area contributed by atoms with Crippen LogP contribution in [0.5, 0.6) is 11.5 Å². The summed E-state index contributed by atoms with van der Waals surface area (Å²) in [6.45, 7) is 8.90. The maximum absolute atomic E-state index is 12.4. The molecule has 23 heavy (non-hydrogen) atoms. The SMILES string of the molecule is CCOc1ccc(NC(=O)c2cc(C)cc(C)c2)cc1OCC. The van der Waals surface area contributed by atoms with Gasteiger partial charge >= 0.3 is 0 Å². The lowest BCUT2D eigenvalue weighted by Gasteiger charge is -2.13. The third-order valence-corrected chi connectivity index (χ3v) is 3.29. The third kappa shape index (κ3) is 4.49. The van der Waals surface area contributed by atoms with Gasteiger partial charge in [-0.2, -0.15) is 0 Å².